The van der Waals surface area contributed by atoms with Crippen LogP contribution in [0.2, 0.25) is 0 Å². The second-order valence-corrected chi connectivity index (χ2v) is 10.6. The monoisotopic (exact) mass is 439 g/mol. The van der Waals surface area contributed by atoms with Crippen molar-refractivity contribution in [2.45, 2.75) is 81.1 Å². The van der Waals surface area contributed by atoms with Crippen LogP contribution in [0.4, 0.5) is 5.13 Å². The SMILES string of the molecule is CC(Sc1cnc(NC(=O)CCCCCCC(=O)O)s1)c1ncc(C(C)(C)C)o1. The number of unbranched alkanes of at least 4 members (excludes halogenated alkanes) is 3. The van der Waals surface area contributed by atoms with E-state index in [1.165, 1.54) is 11.3 Å². The number of nitrogens with zero attached hydrogens (tertiary/aromatic N) is 2. The highest BCUT2D eigenvalue weighted by Crippen LogP contribution is 2.39. The first-order valence-electron chi connectivity index (χ1n) is 9.75. The van der Waals surface area contributed by atoms with Crippen LogP contribution in [0.3, 0.4) is 0 Å². The number of thioether (sulfide) groups is 1. The van der Waals surface area contributed by atoms with Crippen molar-refractivity contribution in [3.63, 3.8) is 0 Å². The third-order valence-corrected chi connectivity index (χ3v) is 6.32. The zero-order chi connectivity index (χ0) is 21.4. The van der Waals surface area contributed by atoms with E-state index < -0.39 is 5.97 Å². The highest BCUT2D eigenvalue weighted by molar-refractivity contribution is 8.01. The van der Waals surface area contributed by atoms with Gasteiger partial charge in [-0.05, 0) is 19.8 Å². The lowest BCUT2D eigenvalue weighted by molar-refractivity contribution is -0.137. The molecule has 29 heavy (non-hydrogen) atoms. The van der Waals surface area contributed by atoms with E-state index >= 15 is 0 Å². The van der Waals surface area contributed by atoms with Crippen molar-refractivity contribution in [2.24, 2.45) is 0 Å². The summed E-state index contributed by atoms with van der Waals surface area (Å²) in [6, 6.07) is 0. The second kappa shape index (κ2) is 10.8. The molecule has 0 radical (unpaired) electrons. The van der Waals surface area contributed by atoms with E-state index in [4.69, 9.17) is 9.52 Å². The van der Waals surface area contributed by atoms with Gasteiger partial charge in [0.25, 0.3) is 0 Å². The van der Waals surface area contributed by atoms with Crippen molar-refractivity contribution in [2.75, 3.05) is 5.32 Å². The van der Waals surface area contributed by atoms with Crippen molar-refractivity contribution in [3.05, 3.63) is 24.0 Å². The normalized spacial score (nSPS) is 12.7. The van der Waals surface area contributed by atoms with Crippen LogP contribution < -0.4 is 5.32 Å². The number of carbonyl (C=O) groups is 2. The molecule has 2 N–H and O–H groups in total. The standard InChI is InChI=1S/C20H29N3O4S2/c1-13(18-21-11-14(27-18)20(2,3)4)28-17-12-22-19(29-17)23-15(24)9-7-5-6-8-10-16(25)26/h11-13H,5-10H2,1-4H3,(H,25,26)(H,22,23,24). The van der Waals surface area contributed by atoms with Crippen LogP contribution in [0.15, 0.2) is 21.0 Å². The quantitative estimate of drug-likeness (QED) is 0.344. The summed E-state index contributed by atoms with van der Waals surface area (Å²) in [5.41, 5.74) is -0.0756. The highest BCUT2D eigenvalue weighted by atomic mass is 32.2. The summed E-state index contributed by atoms with van der Waals surface area (Å²) in [5.74, 6) is 0.707. The first-order chi connectivity index (χ1) is 13.6. The van der Waals surface area contributed by atoms with Gasteiger partial charge in [-0.3, -0.25) is 9.59 Å². The minimum Gasteiger partial charge on any atom is -0.481 e. The molecule has 1 unspecified atom stereocenters. The Morgan fingerprint density at radius 2 is 1.86 bits per heavy atom. The Morgan fingerprint density at radius 3 is 2.48 bits per heavy atom. The third-order valence-electron chi connectivity index (χ3n) is 4.18. The molecule has 0 aliphatic carbocycles. The number of anilines is 1. The zero-order valence-electron chi connectivity index (χ0n) is 17.4. The molecular weight excluding hydrogens is 410 g/mol. The van der Waals surface area contributed by atoms with Gasteiger partial charge in [0, 0.05) is 18.3 Å². The number of amides is 1. The van der Waals surface area contributed by atoms with Gasteiger partial charge in [-0.2, -0.15) is 0 Å². The van der Waals surface area contributed by atoms with Crippen LogP contribution in [0.25, 0.3) is 0 Å². The number of aliphatic carboxylic acids is 1. The minimum atomic E-state index is -0.771. The van der Waals surface area contributed by atoms with Crippen LogP contribution in [0, 0.1) is 0 Å². The van der Waals surface area contributed by atoms with E-state index in [0.717, 1.165) is 29.2 Å². The van der Waals surface area contributed by atoms with Gasteiger partial charge in [-0.1, -0.05) is 44.9 Å². The predicted molar refractivity (Wildman–Crippen MR) is 116 cm³/mol. The van der Waals surface area contributed by atoms with E-state index in [1.807, 2.05) is 6.92 Å². The summed E-state index contributed by atoms with van der Waals surface area (Å²) in [6.07, 6.45) is 7.22. The number of hydrogen-bond acceptors (Lipinski definition) is 7. The lowest BCUT2D eigenvalue weighted by atomic mass is 9.94. The summed E-state index contributed by atoms with van der Waals surface area (Å²) >= 11 is 3.03. The van der Waals surface area contributed by atoms with Crippen molar-refractivity contribution >= 4 is 40.1 Å². The largest absolute Gasteiger partial charge is 0.481 e. The Bertz CT molecular complexity index is 811. The summed E-state index contributed by atoms with van der Waals surface area (Å²) < 4.78 is 6.87. The van der Waals surface area contributed by atoms with Gasteiger partial charge in [0.1, 0.15) is 5.76 Å². The second-order valence-electron chi connectivity index (χ2n) is 7.91. The molecule has 9 heteroatoms. The number of carbonyl (C=O) groups excluding carboxylic acids is 1. The van der Waals surface area contributed by atoms with Crippen LogP contribution in [-0.4, -0.2) is 27.0 Å². The van der Waals surface area contributed by atoms with Crippen LogP contribution >= 0.6 is 23.1 Å². The fraction of sp³-hybridized carbons (Fsp3) is 0.600. The molecule has 0 aromatic carbocycles. The predicted octanol–water partition coefficient (Wildman–Crippen LogP) is 5.65. The van der Waals surface area contributed by atoms with E-state index in [-0.39, 0.29) is 23.0 Å². The maximum atomic E-state index is 12.0. The van der Waals surface area contributed by atoms with Gasteiger partial charge in [0.05, 0.1) is 21.9 Å². The van der Waals surface area contributed by atoms with E-state index in [1.54, 1.807) is 24.2 Å². The van der Waals surface area contributed by atoms with Crippen molar-refractivity contribution in [1.82, 2.24) is 9.97 Å². The lowest BCUT2D eigenvalue weighted by Crippen LogP contribution is -2.10. The third kappa shape index (κ3) is 8.18. The molecule has 0 saturated heterocycles. The summed E-state index contributed by atoms with van der Waals surface area (Å²) in [7, 11) is 0. The first-order valence-corrected chi connectivity index (χ1v) is 11.4. The number of thiazole rings is 1. The molecular formula is C20H29N3O4S2. The Kier molecular flexibility index (Phi) is 8.70. The number of nitrogens with one attached hydrogen (secondary N) is 1. The zero-order valence-corrected chi connectivity index (χ0v) is 19.0. The Morgan fingerprint density at radius 1 is 1.17 bits per heavy atom. The molecule has 0 fully saturated rings. The number of hydrogen-bond donors (Lipinski definition) is 2. The molecule has 2 aromatic rings. The molecule has 2 aromatic heterocycles. The summed E-state index contributed by atoms with van der Waals surface area (Å²) in [4.78, 5) is 31.2. The van der Waals surface area contributed by atoms with Gasteiger partial charge in [-0.25, -0.2) is 9.97 Å². The molecule has 2 rings (SSSR count). The van der Waals surface area contributed by atoms with Gasteiger partial charge in [-0.15, -0.1) is 11.8 Å². The number of rotatable bonds is 11. The average molecular weight is 440 g/mol. The molecule has 0 saturated carbocycles. The van der Waals surface area contributed by atoms with Crippen LogP contribution in [-0.2, 0) is 15.0 Å². The Balaban J connectivity index is 1.75. The van der Waals surface area contributed by atoms with Crippen LogP contribution in [0.5, 0.6) is 0 Å². The molecule has 1 amide bonds. The Hall–Kier alpha value is -1.87. The number of oxazole rings is 1. The maximum absolute atomic E-state index is 12.0. The summed E-state index contributed by atoms with van der Waals surface area (Å²) in [5, 5.41) is 12.1. The van der Waals surface area contributed by atoms with Crippen molar-refractivity contribution in [3.8, 4) is 0 Å². The molecule has 0 spiro atoms. The summed E-state index contributed by atoms with van der Waals surface area (Å²) in [6.45, 7) is 8.29. The molecule has 0 aliphatic rings. The van der Waals surface area contributed by atoms with Crippen molar-refractivity contribution in [1.29, 1.82) is 0 Å². The van der Waals surface area contributed by atoms with E-state index in [2.05, 4.69) is 36.1 Å². The van der Waals surface area contributed by atoms with Gasteiger partial charge >= 0.3 is 5.97 Å². The fourth-order valence-electron chi connectivity index (χ4n) is 2.52. The molecule has 2 heterocycles. The van der Waals surface area contributed by atoms with Crippen LogP contribution in [0.1, 0.15) is 83.1 Å². The molecule has 0 aliphatic heterocycles. The molecule has 0 bridgehead atoms. The minimum absolute atomic E-state index is 0.0425. The lowest BCUT2D eigenvalue weighted by Gasteiger charge is -2.13. The number of carboxylic acids is 1. The molecule has 1 atom stereocenters. The molecule has 160 valence electrons. The number of aromatic nitrogens is 2. The first kappa shape index (κ1) is 23.4. The fourth-order valence-corrected chi connectivity index (χ4v) is 4.62. The Labute approximate surface area is 179 Å². The van der Waals surface area contributed by atoms with E-state index in [0.29, 0.717) is 23.9 Å². The van der Waals surface area contributed by atoms with E-state index in [9.17, 15) is 9.59 Å². The number of carboxylic acid groups (broad SMARTS) is 1. The smallest absolute Gasteiger partial charge is 0.303 e. The van der Waals surface area contributed by atoms with Gasteiger partial charge in [0.15, 0.2) is 5.13 Å². The maximum Gasteiger partial charge on any atom is 0.303 e. The average Bonchev–Trinajstić information content (AvgIpc) is 3.27. The van der Waals surface area contributed by atoms with Gasteiger partial charge in [0.2, 0.25) is 11.8 Å². The highest BCUT2D eigenvalue weighted by Gasteiger charge is 2.22. The molecule has 7 nitrogen and oxygen atoms in total. The topological polar surface area (TPSA) is 105 Å². The van der Waals surface area contributed by atoms with Gasteiger partial charge < -0.3 is 14.8 Å². The van der Waals surface area contributed by atoms with Crippen molar-refractivity contribution < 1.29 is 19.1 Å².